The number of esters is 1. The maximum atomic E-state index is 11.6. The van der Waals surface area contributed by atoms with E-state index in [9.17, 15) is 4.79 Å². The fraction of sp³-hybridized carbons (Fsp3) is 0.375. The number of hydrogen-bond donors (Lipinski definition) is 0. The molecular weight excluding hydrogens is 364 g/mol. The van der Waals surface area contributed by atoms with Crippen LogP contribution in [0.25, 0.3) is 0 Å². The number of rotatable bonds is 8. The molecule has 0 saturated carbocycles. The lowest BCUT2D eigenvalue weighted by atomic mass is 10.2. The van der Waals surface area contributed by atoms with Crippen LogP contribution in [0.2, 0.25) is 5.04 Å². The van der Waals surface area contributed by atoms with Gasteiger partial charge in [0, 0.05) is 12.7 Å². The monoisotopic (exact) mass is 396 g/mol. The zero-order valence-corrected chi connectivity index (χ0v) is 18.6. The summed E-state index contributed by atoms with van der Waals surface area (Å²) in [5.74, 6) is -0.203. The molecule has 2 rings (SSSR count). The lowest BCUT2D eigenvalue weighted by Crippen LogP contribution is -2.66. The average Bonchev–Trinajstić information content (AvgIpc) is 2.68. The minimum absolute atomic E-state index is 0.0553. The molecule has 2 aromatic carbocycles. The van der Waals surface area contributed by atoms with Crippen LogP contribution in [0.3, 0.4) is 0 Å². The zero-order chi connectivity index (χ0) is 20.6. The van der Waals surface area contributed by atoms with Crippen molar-refractivity contribution < 1.29 is 14.0 Å². The Balaban J connectivity index is 2.38. The summed E-state index contributed by atoms with van der Waals surface area (Å²) in [6.07, 6.45) is 3.37. The van der Waals surface area contributed by atoms with Crippen LogP contribution in [-0.4, -0.2) is 27.5 Å². The second kappa shape index (κ2) is 9.85. The van der Waals surface area contributed by atoms with Gasteiger partial charge < -0.3 is 9.16 Å². The molecule has 0 amide bonds. The van der Waals surface area contributed by atoms with Crippen molar-refractivity contribution in [1.29, 1.82) is 0 Å². The van der Waals surface area contributed by atoms with E-state index in [1.54, 1.807) is 6.92 Å². The number of ether oxygens (including phenoxy) is 1. The number of carbonyl (C=O) groups excluding carboxylic acids is 1. The Bertz CT molecular complexity index is 724. The van der Waals surface area contributed by atoms with E-state index in [4.69, 9.17) is 9.16 Å². The van der Waals surface area contributed by atoms with Gasteiger partial charge in [0.2, 0.25) is 0 Å². The lowest BCUT2D eigenvalue weighted by molar-refractivity contribution is -0.137. The summed E-state index contributed by atoms with van der Waals surface area (Å²) in [5, 5.41) is 2.46. The van der Waals surface area contributed by atoms with Gasteiger partial charge in [-0.05, 0) is 28.3 Å². The first-order valence-corrected chi connectivity index (χ1v) is 11.8. The van der Waals surface area contributed by atoms with Gasteiger partial charge in [0.15, 0.2) is 0 Å². The van der Waals surface area contributed by atoms with Crippen molar-refractivity contribution in [2.24, 2.45) is 5.92 Å². The molecule has 0 radical (unpaired) electrons. The number of hydrogen-bond acceptors (Lipinski definition) is 3. The van der Waals surface area contributed by atoms with Crippen LogP contribution in [-0.2, 0) is 14.0 Å². The van der Waals surface area contributed by atoms with Gasteiger partial charge in [-0.2, -0.15) is 0 Å². The number of benzene rings is 2. The van der Waals surface area contributed by atoms with Gasteiger partial charge in [-0.15, -0.1) is 0 Å². The van der Waals surface area contributed by atoms with Crippen molar-refractivity contribution in [1.82, 2.24) is 0 Å². The van der Waals surface area contributed by atoms with Crippen molar-refractivity contribution in [2.75, 3.05) is 13.2 Å². The van der Waals surface area contributed by atoms with Crippen molar-refractivity contribution in [2.45, 2.75) is 39.7 Å². The third kappa shape index (κ3) is 5.21. The predicted molar refractivity (Wildman–Crippen MR) is 119 cm³/mol. The van der Waals surface area contributed by atoms with Crippen LogP contribution in [0.15, 0.2) is 72.8 Å². The maximum Gasteiger partial charge on any atom is 0.330 e. The predicted octanol–water partition coefficient (Wildman–Crippen LogP) is 4.32. The molecular formula is C24H32O3Si. The topological polar surface area (TPSA) is 35.5 Å². The Morgan fingerprint density at radius 2 is 1.50 bits per heavy atom. The SMILES string of the molecule is CCOC(=O)/C=C/[C@@H](C)CO[Si](c1ccccc1)(c1ccccc1)C(C)(C)C. The number of carbonyl (C=O) groups is 1. The van der Waals surface area contributed by atoms with Crippen LogP contribution in [0, 0.1) is 5.92 Å². The largest absolute Gasteiger partial charge is 0.463 e. The molecule has 2 aromatic rings. The first kappa shape index (κ1) is 22.1. The van der Waals surface area contributed by atoms with E-state index >= 15 is 0 Å². The van der Waals surface area contributed by atoms with Gasteiger partial charge in [-0.25, -0.2) is 4.79 Å². The van der Waals surface area contributed by atoms with E-state index in [1.807, 2.05) is 18.2 Å². The van der Waals surface area contributed by atoms with Crippen LogP contribution in [0.4, 0.5) is 0 Å². The second-order valence-electron chi connectivity index (χ2n) is 8.06. The summed E-state index contributed by atoms with van der Waals surface area (Å²) < 4.78 is 11.8. The molecule has 150 valence electrons. The van der Waals surface area contributed by atoms with Crippen LogP contribution in [0.5, 0.6) is 0 Å². The molecule has 0 aliphatic rings. The van der Waals surface area contributed by atoms with E-state index in [0.717, 1.165) is 0 Å². The maximum absolute atomic E-state index is 11.6. The molecule has 0 heterocycles. The summed E-state index contributed by atoms with van der Waals surface area (Å²) in [7, 11) is -2.53. The highest BCUT2D eigenvalue weighted by molar-refractivity contribution is 6.99. The molecule has 0 spiro atoms. The van der Waals surface area contributed by atoms with Crippen LogP contribution < -0.4 is 10.4 Å². The van der Waals surface area contributed by atoms with Crippen molar-refractivity contribution in [3.05, 3.63) is 72.8 Å². The Hall–Kier alpha value is -2.17. The minimum Gasteiger partial charge on any atom is -0.463 e. The molecule has 0 aliphatic carbocycles. The molecule has 4 heteroatoms. The lowest BCUT2D eigenvalue weighted by Gasteiger charge is -2.43. The Kier molecular flexibility index (Phi) is 7.78. The molecule has 0 unspecified atom stereocenters. The molecule has 0 aliphatic heterocycles. The highest BCUT2D eigenvalue weighted by Crippen LogP contribution is 2.37. The smallest absolute Gasteiger partial charge is 0.330 e. The van der Waals surface area contributed by atoms with Crippen LogP contribution in [0.1, 0.15) is 34.6 Å². The fourth-order valence-electron chi connectivity index (χ4n) is 3.51. The van der Waals surface area contributed by atoms with E-state index in [0.29, 0.717) is 13.2 Å². The molecule has 0 aromatic heterocycles. The third-order valence-corrected chi connectivity index (χ3v) is 9.83. The van der Waals surface area contributed by atoms with Gasteiger partial charge in [0.1, 0.15) is 0 Å². The summed E-state index contributed by atoms with van der Waals surface area (Å²) in [6, 6.07) is 21.2. The highest BCUT2D eigenvalue weighted by Gasteiger charge is 2.50. The quantitative estimate of drug-likeness (QED) is 0.379. The van der Waals surface area contributed by atoms with E-state index in [2.05, 4.69) is 76.2 Å². The first-order chi connectivity index (χ1) is 13.3. The minimum atomic E-state index is -2.53. The molecule has 0 bridgehead atoms. The standard InChI is InChI=1S/C24H32O3Si/c1-6-26-23(25)18-17-20(2)19-27-28(24(3,4)5,21-13-9-7-10-14-21)22-15-11-8-12-16-22/h7-18,20H,6,19H2,1-5H3/b18-17+/t20-/m1/s1. The van der Waals surface area contributed by atoms with Gasteiger partial charge in [0.25, 0.3) is 8.32 Å². The first-order valence-electron chi connectivity index (χ1n) is 9.91. The van der Waals surface area contributed by atoms with Gasteiger partial charge >= 0.3 is 5.97 Å². The molecule has 0 N–H and O–H groups in total. The molecule has 0 saturated heterocycles. The second-order valence-corrected chi connectivity index (χ2v) is 12.4. The fourth-order valence-corrected chi connectivity index (χ4v) is 8.18. The molecule has 1 atom stereocenters. The third-order valence-electron chi connectivity index (χ3n) is 4.83. The zero-order valence-electron chi connectivity index (χ0n) is 17.6. The Morgan fingerprint density at radius 1 is 1.00 bits per heavy atom. The highest BCUT2D eigenvalue weighted by atomic mass is 28.4. The van der Waals surface area contributed by atoms with E-state index in [1.165, 1.54) is 16.4 Å². The molecule has 28 heavy (non-hydrogen) atoms. The summed E-state index contributed by atoms with van der Waals surface area (Å²) in [5.41, 5.74) is 0. The molecule has 3 nitrogen and oxygen atoms in total. The Labute approximate surface area is 170 Å². The van der Waals surface area contributed by atoms with E-state index < -0.39 is 8.32 Å². The van der Waals surface area contributed by atoms with Crippen molar-refractivity contribution in [3.8, 4) is 0 Å². The summed E-state index contributed by atoms with van der Waals surface area (Å²) in [4.78, 5) is 11.6. The summed E-state index contributed by atoms with van der Waals surface area (Å²) >= 11 is 0. The average molecular weight is 397 g/mol. The summed E-state index contributed by atoms with van der Waals surface area (Å²) in [6.45, 7) is 11.6. The van der Waals surface area contributed by atoms with Gasteiger partial charge in [-0.1, -0.05) is 94.4 Å². The van der Waals surface area contributed by atoms with Gasteiger partial charge in [-0.3, -0.25) is 0 Å². The van der Waals surface area contributed by atoms with Crippen LogP contribution >= 0.6 is 0 Å². The van der Waals surface area contributed by atoms with Gasteiger partial charge in [0.05, 0.1) is 6.61 Å². The van der Waals surface area contributed by atoms with E-state index in [-0.39, 0.29) is 16.9 Å². The normalized spacial score (nSPS) is 13.5. The molecule has 0 fully saturated rings. The van der Waals surface area contributed by atoms with Crippen molar-refractivity contribution >= 4 is 24.7 Å². The van der Waals surface area contributed by atoms with Crippen molar-refractivity contribution in [3.63, 3.8) is 0 Å². The Morgan fingerprint density at radius 3 is 1.93 bits per heavy atom.